The standard InChI is InChI=1S/C17H20O3/c18-12-6-4-11(5-7-12)17(16(19)20)9-10-8-15(17)14-3-1-2-13(10)14/h4-7,10,13-15,18H,1-3,8-9H2,(H,19,20). The van der Waals surface area contributed by atoms with Crippen LogP contribution in [0.2, 0.25) is 0 Å². The Hall–Kier alpha value is -1.51. The summed E-state index contributed by atoms with van der Waals surface area (Å²) in [6.45, 7) is 0. The Bertz CT molecular complexity index is 550. The quantitative estimate of drug-likeness (QED) is 0.869. The number of carbonyl (C=O) groups is 1. The Morgan fingerprint density at radius 1 is 1.15 bits per heavy atom. The molecule has 3 aliphatic carbocycles. The summed E-state index contributed by atoms with van der Waals surface area (Å²) in [5.74, 6) is 1.82. The van der Waals surface area contributed by atoms with Crippen LogP contribution in [0.25, 0.3) is 0 Å². The molecule has 3 saturated carbocycles. The maximum Gasteiger partial charge on any atom is 0.314 e. The van der Waals surface area contributed by atoms with E-state index in [-0.39, 0.29) is 5.75 Å². The van der Waals surface area contributed by atoms with Crippen molar-refractivity contribution in [2.75, 3.05) is 0 Å². The summed E-state index contributed by atoms with van der Waals surface area (Å²) in [5, 5.41) is 19.4. The summed E-state index contributed by atoms with van der Waals surface area (Å²) in [4.78, 5) is 12.1. The molecule has 0 radical (unpaired) electrons. The molecule has 0 aliphatic heterocycles. The lowest BCUT2D eigenvalue weighted by Crippen LogP contribution is -2.45. The first-order chi connectivity index (χ1) is 9.63. The van der Waals surface area contributed by atoms with Gasteiger partial charge < -0.3 is 10.2 Å². The van der Waals surface area contributed by atoms with Crippen LogP contribution in [0.1, 0.15) is 37.7 Å². The number of hydrogen-bond acceptors (Lipinski definition) is 2. The van der Waals surface area contributed by atoms with Crippen LogP contribution in [0.4, 0.5) is 0 Å². The number of phenols is 1. The number of fused-ring (bicyclic) bond motifs is 5. The summed E-state index contributed by atoms with van der Waals surface area (Å²) < 4.78 is 0. The van der Waals surface area contributed by atoms with Gasteiger partial charge in [0.25, 0.3) is 0 Å². The highest BCUT2D eigenvalue weighted by molar-refractivity contribution is 5.83. The molecule has 20 heavy (non-hydrogen) atoms. The zero-order valence-corrected chi connectivity index (χ0v) is 11.5. The van der Waals surface area contributed by atoms with Gasteiger partial charge in [0.15, 0.2) is 0 Å². The molecule has 3 aliphatic rings. The predicted molar refractivity (Wildman–Crippen MR) is 74.5 cm³/mol. The molecule has 106 valence electrons. The molecule has 0 saturated heterocycles. The van der Waals surface area contributed by atoms with Crippen molar-refractivity contribution < 1.29 is 15.0 Å². The first-order valence-corrected chi connectivity index (χ1v) is 7.66. The first kappa shape index (κ1) is 12.2. The van der Waals surface area contributed by atoms with E-state index in [0.717, 1.165) is 24.3 Å². The number of phenolic OH excluding ortho intramolecular Hbond substituents is 1. The lowest BCUT2D eigenvalue weighted by atomic mass is 9.62. The maximum atomic E-state index is 12.1. The van der Waals surface area contributed by atoms with Gasteiger partial charge in [0.1, 0.15) is 5.75 Å². The van der Waals surface area contributed by atoms with Gasteiger partial charge in [0.2, 0.25) is 0 Å². The molecule has 2 bridgehead atoms. The van der Waals surface area contributed by atoms with E-state index in [9.17, 15) is 15.0 Å². The average Bonchev–Trinajstić information content (AvgIpc) is 3.10. The van der Waals surface area contributed by atoms with E-state index >= 15 is 0 Å². The molecule has 0 amide bonds. The number of benzene rings is 1. The van der Waals surface area contributed by atoms with Gasteiger partial charge in [-0.15, -0.1) is 0 Å². The van der Waals surface area contributed by atoms with Gasteiger partial charge in [-0.1, -0.05) is 18.6 Å². The largest absolute Gasteiger partial charge is 0.508 e. The maximum absolute atomic E-state index is 12.1. The minimum Gasteiger partial charge on any atom is -0.508 e. The second kappa shape index (κ2) is 4.00. The van der Waals surface area contributed by atoms with E-state index in [1.165, 1.54) is 19.3 Å². The van der Waals surface area contributed by atoms with Crippen molar-refractivity contribution in [3.05, 3.63) is 29.8 Å². The number of carboxylic acids is 1. The van der Waals surface area contributed by atoms with Crippen molar-refractivity contribution in [3.8, 4) is 5.75 Å². The smallest absolute Gasteiger partial charge is 0.314 e. The predicted octanol–water partition coefficient (Wildman–Crippen LogP) is 3.17. The van der Waals surface area contributed by atoms with Crippen molar-refractivity contribution >= 4 is 5.97 Å². The number of carboxylic acid groups (broad SMARTS) is 1. The van der Waals surface area contributed by atoms with Crippen LogP contribution in [0.15, 0.2) is 24.3 Å². The van der Waals surface area contributed by atoms with Crippen molar-refractivity contribution in [1.29, 1.82) is 0 Å². The first-order valence-electron chi connectivity index (χ1n) is 7.66. The summed E-state index contributed by atoms with van der Waals surface area (Å²) in [6.07, 6.45) is 5.66. The van der Waals surface area contributed by atoms with E-state index in [0.29, 0.717) is 17.8 Å². The van der Waals surface area contributed by atoms with Gasteiger partial charge in [0, 0.05) is 0 Å². The van der Waals surface area contributed by atoms with Gasteiger partial charge >= 0.3 is 5.97 Å². The lowest BCUT2D eigenvalue weighted by molar-refractivity contribution is -0.147. The summed E-state index contributed by atoms with van der Waals surface area (Å²) >= 11 is 0. The lowest BCUT2D eigenvalue weighted by Gasteiger charge is -2.40. The molecule has 4 rings (SSSR count). The molecule has 0 aromatic heterocycles. The summed E-state index contributed by atoms with van der Waals surface area (Å²) in [5.41, 5.74) is 0.185. The third-order valence-electron chi connectivity index (χ3n) is 6.29. The molecule has 5 unspecified atom stereocenters. The molecule has 1 aromatic rings. The van der Waals surface area contributed by atoms with Crippen molar-refractivity contribution in [2.24, 2.45) is 23.7 Å². The molecular weight excluding hydrogens is 252 g/mol. The normalized spacial score (nSPS) is 41.8. The molecule has 0 heterocycles. The van der Waals surface area contributed by atoms with E-state index in [4.69, 9.17) is 0 Å². The number of hydrogen-bond donors (Lipinski definition) is 2. The number of rotatable bonds is 2. The molecule has 1 aromatic carbocycles. The van der Waals surface area contributed by atoms with Crippen LogP contribution in [0.3, 0.4) is 0 Å². The fourth-order valence-electron chi connectivity index (χ4n) is 5.60. The molecule has 5 atom stereocenters. The fraction of sp³-hybridized carbons (Fsp3) is 0.588. The third-order valence-corrected chi connectivity index (χ3v) is 6.29. The summed E-state index contributed by atoms with van der Waals surface area (Å²) in [7, 11) is 0. The Morgan fingerprint density at radius 3 is 2.55 bits per heavy atom. The van der Waals surface area contributed by atoms with Gasteiger partial charge in [-0.2, -0.15) is 0 Å². The monoisotopic (exact) mass is 272 g/mol. The second-order valence-corrected chi connectivity index (χ2v) is 6.89. The van der Waals surface area contributed by atoms with Gasteiger partial charge in [0.05, 0.1) is 5.41 Å². The van der Waals surface area contributed by atoms with Crippen LogP contribution in [0, 0.1) is 23.7 Å². The molecule has 3 heteroatoms. The summed E-state index contributed by atoms with van der Waals surface area (Å²) in [6, 6.07) is 6.87. The van der Waals surface area contributed by atoms with Crippen LogP contribution < -0.4 is 0 Å². The minimum atomic E-state index is -0.704. The molecule has 0 spiro atoms. The highest BCUT2D eigenvalue weighted by atomic mass is 16.4. The van der Waals surface area contributed by atoms with Gasteiger partial charge in [-0.05, 0) is 67.1 Å². The van der Waals surface area contributed by atoms with Crippen molar-refractivity contribution in [2.45, 2.75) is 37.5 Å². The Morgan fingerprint density at radius 2 is 1.85 bits per heavy atom. The van der Waals surface area contributed by atoms with Crippen molar-refractivity contribution in [1.82, 2.24) is 0 Å². The zero-order chi connectivity index (χ0) is 13.9. The Balaban J connectivity index is 1.80. The SMILES string of the molecule is O=C(O)C1(c2ccc(O)cc2)CC2CC1C1CCCC21. The topological polar surface area (TPSA) is 57.5 Å². The van der Waals surface area contributed by atoms with Crippen LogP contribution in [-0.4, -0.2) is 16.2 Å². The average molecular weight is 272 g/mol. The third kappa shape index (κ3) is 1.38. The molecule has 3 nitrogen and oxygen atoms in total. The molecule has 2 N–H and O–H groups in total. The van der Waals surface area contributed by atoms with Gasteiger partial charge in [-0.3, -0.25) is 4.79 Å². The zero-order valence-electron chi connectivity index (χ0n) is 11.5. The highest BCUT2D eigenvalue weighted by Gasteiger charge is 2.64. The van der Waals surface area contributed by atoms with E-state index in [2.05, 4.69) is 0 Å². The number of aliphatic carboxylic acids is 1. The van der Waals surface area contributed by atoms with Crippen LogP contribution >= 0.6 is 0 Å². The second-order valence-electron chi connectivity index (χ2n) is 6.89. The fourth-order valence-corrected chi connectivity index (χ4v) is 5.60. The Labute approximate surface area is 118 Å². The van der Waals surface area contributed by atoms with E-state index in [1.807, 2.05) is 12.1 Å². The molecule has 3 fully saturated rings. The van der Waals surface area contributed by atoms with E-state index in [1.54, 1.807) is 12.1 Å². The van der Waals surface area contributed by atoms with Crippen LogP contribution in [0.5, 0.6) is 5.75 Å². The van der Waals surface area contributed by atoms with Crippen molar-refractivity contribution in [3.63, 3.8) is 0 Å². The van der Waals surface area contributed by atoms with E-state index < -0.39 is 11.4 Å². The Kier molecular flexibility index (Phi) is 2.45. The van der Waals surface area contributed by atoms with Gasteiger partial charge in [-0.25, -0.2) is 0 Å². The number of aromatic hydroxyl groups is 1. The molecular formula is C17H20O3. The highest BCUT2D eigenvalue weighted by Crippen LogP contribution is 2.66. The minimum absolute atomic E-state index is 0.205. The van der Waals surface area contributed by atoms with Crippen LogP contribution in [-0.2, 0) is 10.2 Å².